The van der Waals surface area contributed by atoms with Crippen molar-refractivity contribution >= 4 is 40.0 Å². The van der Waals surface area contributed by atoms with Gasteiger partial charge in [0.15, 0.2) is 0 Å². The molecule has 0 aliphatic carbocycles. The molecule has 0 atom stereocenters. The Hall–Kier alpha value is -2.80. The number of hydrogen-bond donors (Lipinski definition) is 0. The van der Waals surface area contributed by atoms with E-state index in [0.29, 0.717) is 0 Å². The predicted octanol–water partition coefficient (Wildman–Crippen LogP) is 14.5. The third kappa shape index (κ3) is 9.59. The second kappa shape index (κ2) is 20.4. The van der Waals surface area contributed by atoms with Gasteiger partial charge in [0.05, 0.1) is 0 Å². The topological polar surface area (TPSA) is 0 Å². The molecule has 0 aromatic heterocycles. The van der Waals surface area contributed by atoms with E-state index in [0.717, 1.165) is 0 Å². The van der Waals surface area contributed by atoms with Gasteiger partial charge in [-0.1, -0.05) is 177 Å². The van der Waals surface area contributed by atoms with Crippen molar-refractivity contribution in [1.29, 1.82) is 0 Å². The van der Waals surface area contributed by atoms with Crippen molar-refractivity contribution in [3.8, 4) is 22.3 Å². The van der Waals surface area contributed by atoms with E-state index < -0.39 is 8.07 Å². The average molecular weight is 810 g/mol. The Morgan fingerprint density at radius 2 is 0.815 bits per heavy atom. The van der Waals surface area contributed by atoms with Crippen LogP contribution in [-0.2, 0) is 51.9 Å². The second-order valence-electron chi connectivity index (χ2n) is 16.5. The predicted molar refractivity (Wildman–Crippen MR) is 240 cm³/mol. The van der Waals surface area contributed by atoms with Crippen LogP contribution in [0.1, 0.15) is 127 Å². The van der Waals surface area contributed by atoms with Crippen LogP contribution in [0.2, 0.25) is 13.1 Å². The van der Waals surface area contributed by atoms with Crippen molar-refractivity contribution in [3.05, 3.63) is 119 Å². The van der Waals surface area contributed by atoms with Gasteiger partial charge in [0.1, 0.15) is 0 Å². The minimum Gasteiger partial charge on any atom is -0.158 e. The van der Waals surface area contributed by atoms with Crippen LogP contribution in [0.25, 0.3) is 43.8 Å². The van der Waals surface area contributed by atoms with Crippen molar-refractivity contribution in [1.82, 2.24) is 0 Å². The zero-order valence-corrected chi connectivity index (χ0v) is 38.0. The van der Waals surface area contributed by atoms with Crippen molar-refractivity contribution in [2.45, 2.75) is 144 Å². The third-order valence-corrected chi connectivity index (χ3v) is 15.7. The molecular weight excluding hydrogens is 744 g/mol. The van der Waals surface area contributed by atoms with Crippen LogP contribution >= 0.6 is 0 Å². The fourth-order valence-corrected chi connectivity index (χ4v) is 13.2. The van der Waals surface area contributed by atoms with Crippen LogP contribution in [-0.4, -0.2) is 8.07 Å². The summed E-state index contributed by atoms with van der Waals surface area (Å²) < 4.78 is 0. The molecule has 6 rings (SSSR count). The monoisotopic (exact) mass is 808 g/mol. The second-order valence-corrected chi connectivity index (χ2v) is 20.7. The summed E-state index contributed by atoms with van der Waals surface area (Å²) in [6.07, 6.45) is 20.0. The quantitative estimate of drug-likeness (QED) is 0.0409. The van der Waals surface area contributed by atoms with Crippen LogP contribution in [0.5, 0.6) is 0 Å². The summed E-state index contributed by atoms with van der Waals surface area (Å²) in [6.45, 7) is 14.6. The molecule has 6 aromatic rings. The molecule has 0 aliphatic heterocycles. The number of hydrogen-bond acceptors (Lipinski definition) is 0. The van der Waals surface area contributed by atoms with Crippen LogP contribution in [0, 0.1) is 0 Å². The van der Waals surface area contributed by atoms with Crippen LogP contribution in [0.15, 0.2) is 97.1 Å². The maximum absolute atomic E-state index is 2.71. The van der Waals surface area contributed by atoms with Gasteiger partial charge in [0.2, 0.25) is 0 Å². The van der Waals surface area contributed by atoms with Crippen LogP contribution < -0.4 is 10.4 Å². The molecule has 0 fully saturated rings. The summed E-state index contributed by atoms with van der Waals surface area (Å²) in [5.41, 5.74) is 11.7. The third-order valence-electron chi connectivity index (χ3n) is 12.0. The SMILES string of the molecule is CCCCCCc1[cH-]c2cccc(-c3ccc(CCCC)cc3)c2c1[Si](C)(C)c1c(CCCCCC)[cH-]c2cccc(-c3ccc(CCCC)cc3)c12.[Zr+2]. The zero-order valence-electron chi connectivity index (χ0n) is 34.6. The van der Waals surface area contributed by atoms with Crippen molar-refractivity contribution < 1.29 is 26.2 Å². The summed E-state index contributed by atoms with van der Waals surface area (Å²) in [4.78, 5) is 0. The molecular formula is C52H66SiZr. The largest absolute Gasteiger partial charge is 2.00 e. The number of rotatable bonds is 20. The van der Waals surface area contributed by atoms with Gasteiger partial charge in [-0.15, -0.1) is 69.1 Å². The van der Waals surface area contributed by atoms with E-state index in [9.17, 15) is 0 Å². The first kappa shape index (κ1) is 42.3. The molecule has 6 aromatic carbocycles. The van der Waals surface area contributed by atoms with E-state index >= 15 is 0 Å². The van der Waals surface area contributed by atoms with Crippen molar-refractivity contribution in [2.75, 3.05) is 0 Å². The Morgan fingerprint density at radius 1 is 0.426 bits per heavy atom. The van der Waals surface area contributed by atoms with Gasteiger partial charge in [-0.05, 0) is 60.8 Å². The van der Waals surface area contributed by atoms with Gasteiger partial charge in [-0.2, -0.15) is 10.4 Å². The van der Waals surface area contributed by atoms with Crippen molar-refractivity contribution in [2.24, 2.45) is 0 Å². The van der Waals surface area contributed by atoms with E-state index in [2.05, 4.69) is 138 Å². The number of aryl methyl sites for hydroxylation is 4. The maximum Gasteiger partial charge on any atom is 2.00 e. The molecule has 0 saturated carbocycles. The Morgan fingerprint density at radius 3 is 1.19 bits per heavy atom. The summed E-state index contributed by atoms with van der Waals surface area (Å²) in [5.74, 6) is 0. The molecule has 0 saturated heterocycles. The van der Waals surface area contributed by atoms with Gasteiger partial charge < -0.3 is 0 Å². The molecule has 0 N–H and O–H groups in total. The number of unbranched alkanes of at least 4 members (excludes halogenated alkanes) is 8. The maximum atomic E-state index is 2.71. The van der Waals surface area contributed by atoms with Gasteiger partial charge in [0.25, 0.3) is 0 Å². The van der Waals surface area contributed by atoms with E-state index in [1.807, 2.05) is 0 Å². The molecule has 0 unspecified atom stereocenters. The molecule has 0 aliphatic rings. The summed E-state index contributed by atoms with van der Waals surface area (Å²) in [5, 5.41) is 9.31. The molecule has 0 nitrogen and oxygen atoms in total. The van der Waals surface area contributed by atoms with Gasteiger partial charge in [0, 0.05) is 8.07 Å². The zero-order chi connectivity index (χ0) is 37.2. The van der Waals surface area contributed by atoms with E-state index in [4.69, 9.17) is 0 Å². The van der Waals surface area contributed by atoms with Crippen LogP contribution in [0.3, 0.4) is 0 Å². The molecule has 0 spiro atoms. The Kier molecular flexibility index (Phi) is 16.0. The normalized spacial score (nSPS) is 11.8. The first-order valence-electron chi connectivity index (χ1n) is 21.5. The van der Waals surface area contributed by atoms with Gasteiger partial charge >= 0.3 is 26.2 Å². The van der Waals surface area contributed by atoms with E-state index in [-0.39, 0.29) is 26.2 Å². The Labute approximate surface area is 349 Å². The van der Waals surface area contributed by atoms with E-state index in [1.165, 1.54) is 158 Å². The Bertz CT molecular complexity index is 1890. The fourth-order valence-electron chi connectivity index (χ4n) is 9.16. The number of benzene rings is 4. The standard InChI is InChI=1S/C52H66Si.Zr/c1-7-11-15-17-23-45-37-43-25-19-27-47(41-33-29-39(30-34-41)21-13-9-3)49(43)51(45)53(5,6)52-46(24-18-16-12-8-2)38-44-26-20-28-48(50(44)52)42-35-31-40(32-36-42)22-14-10-4;/h19-20,25-38H,7-18,21-24H2,1-6H3;/q-2;+2. The molecule has 0 radical (unpaired) electrons. The first-order chi connectivity index (χ1) is 25.9. The first-order valence-corrected chi connectivity index (χ1v) is 24.5. The van der Waals surface area contributed by atoms with Crippen molar-refractivity contribution in [3.63, 3.8) is 0 Å². The minimum atomic E-state index is -2.29. The molecule has 0 amide bonds. The minimum absolute atomic E-state index is 0. The van der Waals surface area contributed by atoms with Gasteiger partial charge in [-0.25, -0.2) is 0 Å². The summed E-state index contributed by atoms with van der Waals surface area (Å²) in [7, 11) is -2.29. The molecule has 282 valence electrons. The average Bonchev–Trinajstić information content (AvgIpc) is 3.76. The molecule has 2 heteroatoms. The molecule has 0 heterocycles. The molecule has 0 bridgehead atoms. The number of fused-ring (bicyclic) bond motifs is 2. The smallest absolute Gasteiger partial charge is 0.158 e. The van der Waals surface area contributed by atoms with Gasteiger partial charge in [-0.3, -0.25) is 0 Å². The Balaban J connectivity index is 0.00000561. The fraction of sp³-hybridized carbons (Fsp3) is 0.423. The summed E-state index contributed by atoms with van der Waals surface area (Å²) >= 11 is 0. The molecule has 54 heavy (non-hydrogen) atoms. The van der Waals surface area contributed by atoms with E-state index in [1.54, 1.807) is 21.5 Å². The van der Waals surface area contributed by atoms with Crippen LogP contribution in [0.4, 0.5) is 0 Å². The summed E-state index contributed by atoms with van der Waals surface area (Å²) in [6, 6.07) is 38.6.